The van der Waals surface area contributed by atoms with Crippen molar-refractivity contribution in [3.8, 4) is 5.69 Å². The summed E-state index contributed by atoms with van der Waals surface area (Å²) < 4.78 is 2.31. The molecule has 0 radical (unpaired) electrons. The highest BCUT2D eigenvalue weighted by molar-refractivity contribution is 6.12. The molecule has 0 saturated carbocycles. The lowest BCUT2D eigenvalue weighted by atomic mass is 10.0. The van der Waals surface area contributed by atoms with Gasteiger partial charge in [-0.1, -0.05) is 78.5 Å². The number of aryl methyl sites for hydroxylation is 1. The van der Waals surface area contributed by atoms with Crippen molar-refractivity contribution in [2.75, 3.05) is 10.6 Å². The Morgan fingerprint density at radius 2 is 1.23 bits per heavy atom. The van der Waals surface area contributed by atoms with E-state index in [1.54, 1.807) is 0 Å². The maximum atomic E-state index is 5.27. The summed E-state index contributed by atoms with van der Waals surface area (Å²) >= 11 is 0. The number of rotatable bonds is 5. The van der Waals surface area contributed by atoms with Crippen LogP contribution in [0, 0.1) is 13.8 Å². The smallest absolute Gasteiger partial charge is 0.240 e. The summed E-state index contributed by atoms with van der Waals surface area (Å²) in [5, 5.41) is 9.53. The zero-order chi connectivity index (χ0) is 27.1. The van der Waals surface area contributed by atoms with Crippen molar-refractivity contribution < 1.29 is 4.57 Å². The number of para-hydroxylation sites is 3. The Bertz CT molecular complexity index is 2000. The third-order valence-corrected chi connectivity index (χ3v) is 7.36. The molecule has 0 aliphatic heterocycles. The van der Waals surface area contributed by atoms with Gasteiger partial charge in [0.25, 0.3) is 0 Å². The van der Waals surface area contributed by atoms with Crippen LogP contribution in [0.3, 0.4) is 0 Å². The van der Waals surface area contributed by atoms with Crippen molar-refractivity contribution in [3.63, 3.8) is 0 Å². The van der Waals surface area contributed by atoms with Gasteiger partial charge in [0.1, 0.15) is 5.52 Å². The van der Waals surface area contributed by atoms with Gasteiger partial charge in [0, 0.05) is 40.3 Å². The van der Waals surface area contributed by atoms with E-state index in [-0.39, 0.29) is 0 Å². The van der Waals surface area contributed by atoms with Crippen molar-refractivity contribution in [2.24, 2.45) is 0 Å². The molecule has 0 amide bonds. The molecule has 0 unspecified atom stereocenters. The predicted octanol–water partition coefficient (Wildman–Crippen LogP) is 8.80. The number of nitrogens with zero attached hydrogens (tertiary/aromatic N) is 2. The normalized spacial score (nSPS) is 11.2. The van der Waals surface area contributed by atoms with E-state index in [1.165, 1.54) is 10.9 Å². The highest BCUT2D eigenvalue weighted by Gasteiger charge is 2.23. The van der Waals surface area contributed by atoms with Gasteiger partial charge < -0.3 is 10.6 Å². The molecule has 40 heavy (non-hydrogen) atoms. The molecule has 0 saturated heterocycles. The first-order valence-corrected chi connectivity index (χ1v) is 13.4. The fraction of sp³-hybridized carbons (Fsp3) is 0.0278. The maximum absolute atomic E-state index is 5.27. The van der Waals surface area contributed by atoms with Crippen LogP contribution in [0.4, 0.5) is 22.7 Å². The second-order valence-corrected chi connectivity index (χ2v) is 10.1. The highest BCUT2D eigenvalue weighted by Crippen LogP contribution is 2.36. The van der Waals surface area contributed by atoms with Crippen molar-refractivity contribution in [3.05, 3.63) is 145 Å². The Balaban J connectivity index is 1.57. The lowest BCUT2D eigenvalue weighted by molar-refractivity contribution is -0.538. The summed E-state index contributed by atoms with van der Waals surface area (Å²) in [4.78, 5) is 5.27. The Morgan fingerprint density at radius 3 is 1.90 bits per heavy atom. The summed E-state index contributed by atoms with van der Waals surface area (Å²) in [6.45, 7) is 6.52. The molecular weight excluding hydrogens is 488 g/mol. The molecule has 0 bridgehead atoms. The monoisotopic (exact) mass is 516 g/mol. The van der Waals surface area contributed by atoms with E-state index in [0.29, 0.717) is 0 Å². The Hall–Kier alpha value is -5.35. The summed E-state index contributed by atoms with van der Waals surface area (Å²) in [6.07, 6.45) is 0. The average Bonchev–Trinajstić information content (AvgIpc) is 2.98. The van der Waals surface area contributed by atoms with Crippen LogP contribution in [0.1, 0.15) is 11.1 Å². The average molecular weight is 517 g/mol. The molecule has 0 spiro atoms. The number of hydrogen-bond acceptors (Lipinski definition) is 3. The molecule has 0 aliphatic carbocycles. The summed E-state index contributed by atoms with van der Waals surface area (Å²) in [5.41, 5.74) is 11.1. The number of hydrogen-bond donors (Lipinski definition) is 2. The third-order valence-electron chi connectivity index (χ3n) is 7.36. The van der Waals surface area contributed by atoms with E-state index >= 15 is 0 Å². The molecule has 2 N–H and O–H groups in total. The van der Waals surface area contributed by atoms with Crippen LogP contribution in [-0.4, -0.2) is 4.98 Å². The Kier molecular flexibility index (Phi) is 5.79. The number of nitrogens with one attached hydrogen (secondary N) is 2. The van der Waals surface area contributed by atoms with E-state index in [9.17, 15) is 0 Å². The highest BCUT2D eigenvalue weighted by atomic mass is 15.0. The molecule has 1 aromatic heterocycles. The van der Waals surface area contributed by atoms with Crippen LogP contribution in [0.2, 0.25) is 0 Å². The van der Waals surface area contributed by atoms with E-state index in [2.05, 4.69) is 126 Å². The van der Waals surface area contributed by atoms with Crippen molar-refractivity contribution in [1.82, 2.24) is 4.98 Å². The molecule has 7 aromatic rings. The molecular formula is C36H28N4. The van der Waals surface area contributed by atoms with E-state index in [1.807, 2.05) is 30.3 Å². The third kappa shape index (κ3) is 4.16. The van der Waals surface area contributed by atoms with Gasteiger partial charge in [-0.3, -0.25) is 0 Å². The van der Waals surface area contributed by atoms with Gasteiger partial charge in [-0.2, -0.15) is 17.1 Å². The van der Waals surface area contributed by atoms with Crippen LogP contribution in [0.25, 0.3) is 38.5 Å². The first-order valence-electron chi connectivity index (χ1n) is 13.4. The lowest BCUT2D eigenvalue weighted by Crippen LogP contribution is -2.33. The number of fused-ring (bicyclic) bond motifs is 4. The predicted molar refractivity (Wildman–Crippen MR) is 167 cm³/mol. The standard InChI is InChI=1S/C36H27N4/c1-24-13-12-20-29-35(24)32(38-27-16-8-4-9-17-27)23-34-36(29)39-31-21-25(2)30(37-26-14-6-3-7-15-26)22-33(31)40(34)28-18-10-5-11-19-28/h3-23H,2H2,1H3,(H,37,38)/q-1/p+1. The van der Waals surface area contributed by atoms with Crippen LogP contribution < -0.4 is 15.2 Å². The van der Waals surface area contributed by atoms with E-state index < -0.39 is 0 Å². The lowest BCUT2D eigenvalue weighted by Gasteiger charge is -2.19. The SMILES string of the molecule is [CH2-]c1cc2nc3c4cccc(C)c4c(Nc4ccccc4)cc3[n+](-c3ccccc3)c2cc1Nc1ccccc1. The minimum absolute atomic E-state index is 0.894. The molecule has 192 valence electrons. The number of benzene rings is 6. The van der Waals surface area contributed by atoms with Gasteiger partial charge in [-0.05, 0) is 42.8 Å². The van der Waals surface area contributed by atoms with Gasteiger partial charge >= 0.3 is 0 Å². The van der Waals surface area contributed by atoms with Crippen molar-refractivity contribution in [2.45, 2.75) is 6.92 Å². The summed E-state index contributed by atoms with van der Waals surface area (Å²) in [5.74, 6) is 0. The molecule has 4 nitrogen and oxygen atoms in total. The van der Waals surface area contributed by atoms with Crippen LogP contribution in [0.5, 0.6) is 0 Å². The second kappa shape index (κ2) is 9.75. The first kappa shape index (κ1) is 23.7. The fourth-order valence-corrected chi connectivity index (χ4v) is 5.49. The van der Waals surface area contributed by atoms with E-state index in [4.69, 9.17) is 4.98 Å². The molecule has 4 heteroatoms. The van der Waals surface area contributed by atoms with Gasteiger partial charge in [-0.25, -0.2) is 4.98 Å². The quantitative estimate of drug-likeness (QED) is 0.104. The van der Waals surface area contributed by atoms with Crippen LogP contribution in [-0.2, 0) is 0 Å². The summed E-state index contributed by atoms with van der Waals surface area (Å²) in [6, 6.07) is 43.9. The maximum Gasteiger partial charge on any atom is 0.240 e. The largest absolute Gasteiger partial charge is 0.408 e. The Morgan fingerprint density at radius 1 is 0.625 bits per heavy atom. The van der Waals surface area contributed by atoms with Crippen LogP contribution in [0.15, 0.2) is 127 Å². The minimum Gasteiger partial charge on any atom is -0.408 e. The number of anilines is 4. The van der Waals surface area contributed by atoms with Gasteiger partial charge in [0.05, 0.1) is 11.2 Å². The Labute approximate surface area is 233 Å². The van der Waals surface area contributed by atoms with Crippen LogP contribution >= 0.6 is 0 Å². The zero-order valence-electron chi connectivity index (χ0n) is 22.2. The minimum atomic E-state index is 0.894. The second-order valence-electron chi connectivity index (χ2n) is 10.1. The van der Waals surface area contributed by atoms with Gasteiger partial charge in [0.2, 0.25) is 16.7 Å². The summed E-state index contributed by atoms with van der Waals surface area (Å²) in [7, 11) is 0. The molecule has 7 rings (SSSR count). The molecule has 6 aromatic carbocycles. The molecule has 1 heterocycles. The van der Waals surface area contributed by atoms with Crippen molar-refractivity contribution in [1.29, 1.82) is 0 Å². The molecule has 0 aliphatic rings. The molecule has 0 fully saturated rings. The number of aromatic nitrogens is 2. The van der Waals surface area contributed by atoms with Gasteiger partial charge in [-0.15, -0.1) is 6.07 Å². The molecule has 0 atom stereocenters. The zero-order valence-corrected chi connectivity index (χ0v) is 22.2. The topological polar surface area (TPSA) is 40.8 Å². The first-order chi connectivity index (χ1) is 19.7. The van der Waals surface area contributed by atoms with Crippen molar-refractivity contribution >= 4 is 55.6 Å². The van der Waals surface area contributed by atoms with E-state index in [0.717, 1.165) is 61.5 Å². The fourth-order valence-electron chi connectivity index (χ4n) is 5.49. The van der Waals surface area contributed by atoms with Gasteiger partial charge in [0.15, 0.2) is 0 Å².